The second-order valence-electron chi connectivity index (χ2n) is 8.64. The molecule has 1 fully saturated rings. The second kappa shape index (κ2) is 7.35. The molecule has 2 unspecified atom stereocenters. The SMILES string of the molecule is CC1(C)CCC2CNC(S(=O)(=O)Cc3ccc(Cl)c(Cl)c3)CC3=C2C1=COC3. The highest BCUT2D eigenvalue weighted by atomic mass is 35.5. The van der Waals surface area contributed by atoms with Gasteiger partial charge < -0.3 is 10.1 Å². The first-order chi connectivity index (χ1) is 13.2. The van der Waals surface area contributed by atoms with E-state index in [1.54, 1.807) is 18.2 Å². The highest BCUT2D eigenvalue weighted by Gasteiger charge is 2.42. The maximum Gasteiger partial charge on any atom is 0.170 e. The molecule has 0 saturated heterocycles. The van der Waals surface area contributed by atoms with Crippen LogP contribution >= 0.6 is 23.2 Å². The molecule has 0 aromatic heterocycles. The molecule has 0 amide bonds. The summed E-state index contributed by atoms with van der Waals surface area (Å²) in [4.78, 5) is 0. The zero-order valence-electron chi connectivity index (χ0n) is 16.1. The zero-order valence-corrected chi connectivity index (χ0v) is 18.4. The third-order valence-corrected chi connectivity index (χ3v) is 8.87. The van der Waals surface area contributed by atoms with E-state index in [0.29, 0.717) is 41.1 Å². The topological polar surface area (TPSA) is 55.4 Å². The summed E-state index contributed by atoms with van der Waals surface area (Å²) in [5, 5.41) is 3.51. The summed E-state index contributed by atoms with van der Waals surface area (Å²) in [5.74, 6) is 0.285. The van der Waals surface area contributed by atoms with Crippen LogP contribution in [0.1, 0.15) is 38.7 Å². The highest BCUT2D eigenvalue weighted by Crippen LogP contribution is 2.49. The molecule has 1 N–H and O–H groups in total. The summed E-state index contributed by atoms with van der Waals surface area (Å²) in [6, 6.07) is 4.99. The van der Waals surface area contributed by atoms with Crippen LogP contribution in [0, 0.1) is 11.3 Å². The van der Waals surface area contributed by atoms with Gasteiger partial charge in [-0.25, -0.2) is 8.42 Å². The van der Waals surface area contributed by atoms with Crippen molar-refractivity contribution < 1.29 is 13.2 Å². The molecule has 1 aromatic carbocycles. The Morgan fingerprint density at radius 1 is 1.25 bits per heavy atom. The minimum absolute atomic E-state index is 0.0656. The number of allylic oxidation sites excluding steroid dienone is 1. The van der Waals surface area contributed by atoms with Gasteiger partial charge in [-0.2, -0.15) is 0 Å². The third-order valence-electron chi connectivity index (χ3n) is 6.19. The minimum Gasteiger partial charge on any atom is -0.497 e. The third kappa shape index (κ3) is 3.74. The molecule has 1 aromatic rings. The van der Waals surface area contributed by atoms with Gasteiger partial charge >= 0.3 is 0 Å². The fourth-order valence-electron chi connectivity index (χ4n) is 4.56. The molecule has 4 nitrogen and oxygen atoms in total. The van der Waals surface area contributed by atoms with Gasteiger partial charge in [0.2, 0.25) is 0 Å². The first kappa shape index (κ1) is 20.3. The van der Waals surface area contributed by atoms with Gasteiger partial charge in [-0.3, -0.25) is 0 Å². The van der Waals surface area contributed by atoms with E-state index in [0.717, 1.165) is 18.4 Å². The quantitative estimate of drug-likeness (QED) is 0.726. The van der Waals surface area contributed by atoms with Crippen molar-refractivity contribution in [1.82, 2.24) is 5.32 Å². The highest BCUT2D eigenvalue weighted by molar-refractivity contribution is 7.91. The van der Waals surface area contributed by atoms with Crippen molar-refractivity contribution in [2.75, 3.05) is 13.2 Å². The molecular formula is C21H25Cl2NO3S. The molecule has 1 saturated carbocycles. The lowest BCUT2D eigenvalue weighted by Gasteiger charge is -2.41. The van der Waals surface area contributed by atoms with Crippen molar-refractivity contribution in [2.45, 2.75) is 44.2 Å². The van der Waals surface area contributed by atoms with Crippen molar-refractivity contribution in [1.29, 1.82) is 0 Å². The molecule has 2 aliphatic heterocycles. The van der Waals surface area contributed by atoms with Gasteiger partial charge in [0.15, 0.2) is 9.84 Å². The molecule has 0 spiro atoms. The summed E-state index contributed by atoms with van der Waals surface area (Å²) in [7, 11) is -3.42. The number of benzene rings is 1. The fourth-order valence-corrected chi connectivity index (χ4v) is 6.53. The molecular weight excluding hydrogens is 417 g/mol. The van der Waals surface area contributed by atoms with Gasteiger partial charge in [0, 0.05) is 13.0 Å². The van der Waals surface area contributed by atoms with Gasteiger partial charge in [0.05, 0.1) is 22.1 Å². The van der Waals surface area contributed by atoms with E-state index in [1.807, 2.05) is 6.26 Å². The van der Waals surface area contributed by atoms with Gasteiger partial charge in [-0.05, 0) is 58.6 Å². The van der Waals surface area contributed by atoms with E-state index in [4.69, 9.17) is 27.9 Å². The average molecular weight is 442 g/mol. The molecule has 4 rings (SSSR count). The van der Waals surface area contributed by atoms with E-state index in [9.17, 15) is 8.42 Å². The van der Waals surface area contributed by atoms with Crippen molar-refractivity contribution >= 4 is 33.0 Å². The summed E-state index contributed by atoms with van der Waals surface area (Å²) in [6.07, 6.45) is 4.50. The van der Waals surface area contributed by atoms with Crippen LogP contribution in [0.2, 0.25) is 10.0 Å². The van der Waals surface area contributed by atoms with E-state index in [2.05, 4.69) is 19.2 Å². The number of rotatable bonds is 3. The maximum absolute atomic E-state index is 13.2. The Labute approximate surface area is 176 Å². The number of hydrogen-bond acceptors (Lipinski definition) is 4. The Morgan fingerprint density at radius 2 is 2.04 bits per heavy atom. The number of ether oxygens (including phenoxy) is 1. The smallest absolute Gasteiger partial charge is 0.170 e. The van der Waals surface area contributed by atoms with Crippen molar-refractivity contribution in [3.8, 4) is 0 Å². The van der Waals surface area contributed by atoms with Crippen LogP contribution in [-0.4, -0.2) is 26.9 Å². The van der Waals surface area contributed by atoms with Gasteiger partial charge in [0.25, 0.3) is 0 Å². The molecule has 0 bridgehead atoms. The predicted octanol–water partition coefficient (Wildman–Crippen LogP) is 4.87. The van der Waals surface area contributed by atoms with Crippen molar-refractivity contribution in [3.63, 3.8) is 0 Å². The van der Waals surface area contributed by atoms with Crippen LogP contribution in [0.5, 0.6) is 0 Å². The molecule has 152 valence electrons. The normalized spacial score (nSPS) is 26.8. The summed E-state index contributed by atoms with van der Waals surface area (Å²) in [5.41, 5.74) is 4.42. The summed E-state index contributed by atoms with van der Waals surface area (Å²) >= 11 is 12.0. The second-order valence-corrected chi connectivity index (χ2v) is 11.6. The molecule has 7 heteroatoms. The monoisotopic (exact) mass is 441 g/mol. The van der Waals surface area contributed by atoms with Crippen LogP contribution < -0.4 is 5.32 Å². The molecule has 2 atom stereocenters. The summed E-state index contributed by atoms with van der Waals surface area (Å²) in [6.45, 7) is 5.64. The number of nitrogens with one attached hydrogen (secondary N) is 1. The number of halogens is 2. The maximum atomic E-state index is 13.2. The Kier molecular flexibility index (Phi) is 5.32. The Bertz CT molecular complexity index is 966. The van der Waals surface area contributed by atoms with Crippen molar-refractivity contribution in [3.05, 3.63) is 56.8 Å². The van der Waals surface area contributed by atoms with Crippen molar-refractivity contribution in [2.24, 2.45) is 11.3 Å². The van der Waals surface area contributed by atoms with Crippen LogP contribution in [0.4, 0.5) is 0 Å². The van der Waals surface area contributed by atoms with E-state index in [1.165, 1.54) is 11.1 Å². The number of sulfone groups is 1. The predicted molar refractivity (Wildman–Crippen MR) is 113 cm³/mol. The van der Waals surface area contributed by atoms with Crippen LogP contribution in [0.3, 0.4) is 0 Å². The standard InChI is InChI=1S/C21H25Cl2NO3S/c1-21(2)6-5-14-9-24-19(8-15-10-27-11-16(21)20(14)15)28(25,26)12-13-3-4-17(22)18(23)7-13/h3-4,7,11,14,19,24H,5-6,8-10,12H2,1-2H3. The Hall–Kier alpha value is -1.01. The average Bonchev–Trinajstić information content (AvgIpc) is 2.82. The minimum atomic E-state index is -3.42. The van der Waals surface area contributed by atoms with Gasteiger partial charge in [-0.15, -0.1) is 0 Å². The molecule has 28 heavy (non-hydrogen) atoms. The summed E-state index contributed by atoms with van der Waals surface area (Å²) < 4.78 is 32.1. The van der Waals surface area contributed by atoms with Crippen LogP contribution in [0.15, 0.2) is 41.2 Å². The lowest BCUT2D eigenvalue weighted by molar-refractivity contribution is 0.232. The molecule has 0 radical (unpaired) electrons. The first-order valence-electron chi connectivity index (χ1n) is 9.61. The largest absolute Gasteiger partial charge is 0.497 e. The molecule has 3 aliphatic rings. The molecule has 1 aliphatic carbocycles. The number of hydrogen-bond donors (Lipinski definition) is 1. The lowest BCUT2D eigenvalue weighted by atomic mass is 9.65. The first-order valence-corrected chi connectivity index (χ1v) is 12.1. The zero-order chi connectivity index (χ0) is 20.1. The molecule has 2 heterocycles. The van der Waals surface area contributed by atoms with Crippen LogP contribution in [0.25, 0.3) is 0 Å². The van der Waals surface area contributed by atoms with Gasteiger partial charge in [-0.1, -0.05) is 43.1 Å². The lowest BCUT2D eigenvalue weighted by Crippen LogP contribution is -2.39. The van der Waals surface area contributed by atoms with Crippen LogP contribution in [-0.2, 0) is 20.3 Å². The van der Waals surface area contributed by atoms with Gasteiger partial charge in [0.1, 0.15) is 12.0 Å². The van der Waals surface area contributed by atoms with E-state index >= 15 is 0 Å². The Balaban J connectivity index is 1.62. The fraction of sp³-hybridized carbons (Fsp3) is 0.524. The Morgan fingerprint density at radius 3 is 2.79 bits per heavy atom. The van der Waals surface area contributed by atoms with E-state index in [-0.39, 0.29) is 11.2 Å². The van der Waals surface area contributed by atoms with E-state index < -0.39 is 15.2 Å².